The third-order valence-corrected chi connectivity index (χ3v) is 5.36. The van der Waals surface area contributed by atoms with E-state index in [4.69, 9.17) is 21.1 Å². The first-order valence-electron chi connectivity index (χ1n) is 10.2. The normalized spacial score (nSPS) is 11.7. The molecule has 0 saturated heterocycles. The fourth-order valence-corrected chi connectivity index (χ4v) is 3.73. The quantitative estimate of drug-likeness (QED) is 0.509. The number of carbonyl (C=O) groups is 3. The zero-order chi connectivity index (χ0) is 24.3. The first-order valence-corrected chi connectivity index (χ1v) is 10.6. The van der Waals surface area contributed by atoms with Crippen molar-refractivity contribution in [3.63, 3.8) is 0 Å². The van der Waals surface area contributed by atoms with Crippen molar-refractivity contribution in [3.05, 3.63) is 69.5 Å². The van der Waals surface area contributed by atoms with Gasteiger partial charge in [0.05, 0.1) is 15.9 Å². The minimum atomic E-state index is -1.26. The summed E-state index contributed by atoms with van der Waals surface area (Å²) in [5, 5.41) is 0.403. The first-order chi connectivity index (χ1) is 15.7. The van der Waals surface area contributed by atoms with Crippen molar-refractivity contribution in [1.29, 1.82) is 0 Å². The molecular weight excluding hydrogens is 448 g/mol. The van der Waals surface area contributed by atoms with Crippen LogP contribution >= 0.6 is 11.6 Å². The van der Waals surface area contributed by atoms with Gasteiger partial charge in [0, 0.05) is 26.2 Å². The minimum Gasteiger partial charge on any atom is -0.451 e. The Hall–Kier alpha value is -3.65. The van der Waals surface area contributed by atoms with E-state index >= 15 is 0 Å². The highest BCUT2D eigenvalue weighted by molar-refractivity contribution is 6.36. The van der Waals surface area contributed by atoms with Gasteiger partial charge in [-0.15, -0.1) is 0 Å². The van der Waals surface area contributed by atoms with Crippen molar-refractivity contribution in [2.45, 2.75) is 26.9 Å². The molecule has 0 bridgehead atoms. The Kier molecular flexibility index (Phi) is 7.18. The lowest BCUT2D eigenvalue weighted by atomic mass is 10.1. The summed E-state index contributed by atoms with van der Waals surface area (Å²) < 4.78 is 11.7. The van der Waals surface area contributed by atoms with E-state index in [0.717, 1.165) is 6.92 Å². The third-order valence-electron chi connectivity index (χ3n) is 5.05. The molecule has 0 aliphatic rings. The first kappa shape index (κ1) is 24.0. The molecule has 1 atom stereocenters. The summed E-state index contributed by atoms with van der Waals surface area (Å²) in [5.41, 5.74) is -0.0779. The van der Waals surface area contributed by atoms with E-state index in [1.54, 1.807) is 55.5 Å². The van der Waals surface area contributed by atoms with Crippen LogP contribution in [0.1, 0.15) is 31.1 Å². The van der Waals surface area contributed by atoms with Crippen molar-refractivity contribution < 1.29 is 23.9 Å². The molecule has 3 rings (SSSR count). The van der Waals surface area contributed by atoms with Gasteiger partial charge in [0.15, 0.2) is 11.9 Å². The zero-order valence-corrected chi connectivity index (χ0v) is 19.4. The molecule has 0 spiro atoms. The Balaban J connectivity index is 2.26. The smallest absolute Gasteiger partial charge is 0.352 e. The standard InChI is InChI=1S/C24H23ClN2O6/c1-5-27(16-10-7-6-8-11-16)23(30)20-21(33-24(31)14(2)32-15(3)28)19-17(25)12-9-13-18(19)26(4)22(20)29/h6-14H,5H2,1-4H3. The van der Waals surface area contributed by atoms with E-state index in [-0.39, 0.29) is 28.3 Å². The molecule has 172 valence electrons. The summed E-state index contributed by atoms with van der Waals surface area (Å²) in [6.07, 6.45) is -1.26. The molecule has 0 radical (unpaired) electrons. The van der Waals surface area contributed by atoms with Crippen LogP contribution in [0.2, 0.25) is 5.02 Å². The Bertz CT molecular complexity index is 1290. The fraction of sp³-hybridized carbons (Fsp3) is 0.250. The molecule has 0 aliphatic heterocycles. The number of aromatic nitrogens is 1. The van der Waals surface area contributed by atoms with Crippen LogP contribution in [0.5, 0.6) is 5.75 Å². The summed E-state index contributed by atoms with van der Waals surface area (Å²) in [5.74, 6) is -2.56. The highest BCUT2D eigenvalue weighted by Gasteiger charge is 2.31. The number of aryl methyl sites for hydroxylation is 1. The molecule has 3 aromatic rings. The molecule has 1 heterocycles. The molecule has 1 aromatic heterocycles. The van der Waals surface area contributed by atoms with Crippen molar-refractivity contribution in [2.24, 2.45) is 7.05 Å². The average molecular weight is 471 g/mol. The predicted molar refractivity (Wildman–Crippen MR) is 125 cm³/mol. The second-order valence-corrected chi connectivity index (χ2v) is 7.67. The molecular formula is C24H23ClN2O6. The van der Waals surface area contributed by atoms with Gasteiger partial charge in [-0.25, -0.2) is 4.79 Å². The molecule has 0 saturated carbocycles. The van der Waals surface area contributed by atoms with Crippen LogP contribution in [0.3, 0.4) is 0 Å². The Labute approximate surface area is 195 Å². The maximum absolute atomic E-state index is 13.6. The molecule has 0 aliphatic carbocycles. The summed E-state index contributed by atoms with van der Waals surface area (Å²) in [6.45, 7) is 4.50. The number of anilines is 1. The van der Waals surface area contributed by atoms with Gasteiger partial charge in [0.1, 0.15) is 5.56 Å². The van der Waals surface area contributed by atoms with E-state index in [0.29, 0.717) is 11.2 Å². The minimum absolute atomic E-state index is 0.183. The van der Waals surface area contributed by atoms with E-state index < -0.39 is 29.5 Å². The second kappa shape index (κ2) is 9.87. The van der Waals surface area contributed by atoms with Gasteiger partial charge in [-0.2, -0.15) is 0 Å². The number of fused-ring (bicyclic) bond motifs is 1. The number of esters is 2. The maximum Gasteiger partial charge on any atom is 0.352 e. The molecule has 33 heavy (non-hydrogen) atoms. The van der Waals surface area contributed by atoms with E-state index in [2.05, 4.69) is 0 Å². The molecule has 2 aromatic carbocycles. The number of halogens is 1. The Morgan fingerprint density at radius 2 is 1.76 bits per heavy atom. The summed E-state index contributed by atoms with van der Waals surface area (Å²) in [4.78, 5) is 52.4. The lowest BCUT2D eigenvalue weighted by Crippen LogP contribution is -2.38. The number of benzene rings is 2. The number of pyridine rings is 1. The second-order valence-electron chi connectivity index (χ2n) is 7.26. The van der Waals surface area contributed by atoms with Crippen LogP contribution in [0.15, 0.2) is 53.3 Å². The summed E-state index contributed by atoms with van der Waals surface area (Å²) in [6, 6.07) is 13.6. The highest BCUT2D eigenvalue weighted by atomic mass is 35.5. The van der Waals surface area contributed by atoms with Crippen molar-refractivity contribution >= 4 is 46.0 Å². The molecule has 1 unspecified atom stereocenters. The number of ether oxygens (including phenoxy) is 2. The monoisotopic (exact) mass is 470 g/mol. The number of hydrogen-bond donors (Lipinski definition) is 0. The molecule has 8 nitrogen and oxygen atoms in total. The lowest BCUT2D eigenvalue weighted by molar-refractivity contribution is -0.159. The Morgan fingerprint density at radius 1 is 1.09 bits per heavy atom. The number of nitrogens with zero attached hydrogens (tertiary/aromatic N) is 2. The summed E-state index contributed by atoms with van der Waals surface area (Å²) >= 11 is 6.42. The predicted octanol–water partition coefficient (Wildman–Crippen LogP) is 3.72. The molecule has 0 N–H and O–H groups in total. The summed E-state index contributed by atoms with van der Waals surface area (Å²) in [7, 11) is 1.50. The average Bonchev–Trinajstić information content (AvgIpc) is 2.78. The van der Waals surface area contributed by atoms with Crippen LogP contribution in [0, 0.1) is 0 Å². The molecule has 9 heteroatoms. The van der Waals surface area contributed by atoms with Crippen LogP contribution in [-0.2, 0) is 21.4 Å². The number of amides is 1. The van der Waals surface area contributed by atoms with Gasteiger partial charge >= 0.3 is 11.9 Å². The van der Waals surface area contributed by atoms with Gasteiger partial charge in [0.2, 0.25) is 0 Å². The van der Waals surface area contributed by atoms with Gasteiger partial charge < -0.3 is 18.9 Å². The SMILES string of the molecule is CCN(C(=O)c1c(OC(=O)C(C)OC(C)=O)c2c(Cl)cccc2n(C)c1=O)c1ccccc1. The number of rotatable bonds is 6. The molecule has 1 amide bonds. The van der Waals surface area contributed by atoms with Crippen LogP contribution in [-0.4, -0.2) is 35.1 Å². The van der Waals surface area contributed by atoms with Gasteiger partial charge in [-0.05, 0) is 38.1 Å². The Morgan fingerprint density at radius 3 is 2.36 bits per heavy atom. The topological polar surface area (TPSA) is 94.9 Å². The number of hydrogen-bond acceptors (Lipinski definition) is 6. The zero-order valence-electron chi connectivity index (χ0n) is 18.6. The maximum atomic E-state index is 13.6. The van der Waals surface area contributed by atoms with E-state index in [1.165, 1.54) is 23.4 Å². The van der Waals surface area contributed by atoms with Crippen LogP contribution in [0.25, 0.3) is 10.9 Å². The van der Waals surface area contributed by atoms with Crippen molar-refractivity contribution in [1.82, 2.24) is 4.57 Å². The van der Waals surface area contributed by atoms with E-state index in [9.17, 15) is 19.2 Å². The van der Waals surface area contributed by atoms with Crippen molar-refractivity contribution in [3.8, 4) is 5.75 Å². The third kappa shape index (κ3) is 4.75. The fourth-order valence-electron chi connectivity index (χ4n) is 3.47. The van der Waals surface area contributed by atoms with E-state index in [1.807, 2.05) is 0 Å². The van der Waals surface area contributed by atoms with Gasteiger partial charge in [-0.3, -0.25) is 14.4 Å². The van der Waals surface area contributed by atoms with Crippen LogP contribution < -0.4 is 15.2 Å². The van der Waals surface area contributed by atoms with Gasteiger partial charge in [-0.1, -0.05) is 35.9 Å². The number of carbonyl (C=O) groups excluding carboxylic acids is 3. The highest BCUT2D eigenvalue weighted by Crippen LogP contribution is 2.35. The largest absolute Gasteiger partial charge is 0.451 e. The lowest BCUT2D eigenvalue weighted by Gasteiger charge is -2.23. The van der Waals surface area contributed by atoms with Crippen LogP contribution in [0.4, 0.5) is 5.69 Å². The van der Waals surface area contributed by atoms with Crippen molar-refractivity contribution in [2.75, 3.05) is 11.4 Å². The number of para-hydroxylation sites is 1. The molecule has 0 fully saturated rings. The van der Waals surface area contributed by atoms with Gasteiger partial charge in [0.25, 0.3) is 11.5 Å².